The molecule has 0 unspecified atom stereocenters. The lowest BCUT2D eigenvalue weighted by atomic mass is 9.95. The zero-order valence-electron chi connectivity index (χ0n) is 29.7. The number of ether oxygens (including phenoxy) is 2. The SMILES string of the molecule is COCCCn1c([C@@H]2CCCN(C(=O)C[C@@H](Cc3ccc(-n4c(=O)[nH]c5cc(C)ccc54)cc3)NC(=O)OC(C)(C)C)C2)nc2ccccc21. The van der Waals surface area contributed by atoms with Crippen molar-refractivity contribution in [3.05, 3.63) is 94.2 Å². The largest absolute Gasteiger partial charge is 0.444 e. The van der Waals surface area contributed by atoms with Crippen LogP contribution in [0.25, 0.3) is 27.8 Å². The van der Waals surface area contributed by atoms with Gasteiger partial charge < -0.3 is 29.2 Å². The van der Waals surface area contributed by atoms with Gasteiger partial charge in [-0.25, -0.2) is 14.6 Å². The molecule has 2 N–H and O–H groups in total. The molecule has 2 atom stereocenters. The molecule has 11 heteroatoms. The third-order valence-electron chi connectivity index (χ3n) is 9.21. The third-order valence-corrected chi connectivity index (χ3v) is 9.21. The van der Waals surface area contributed by atoms with Crippen molar-refractivity contribution < 1.29 is 19.1 Å². The van der Waals surface area contributed by atoms with Crippen LogP contribution in [-0.2, 0) is 27.2 Å². The Hall–Kier alpha value is -4.90. The number of likely N-dealkylation sites (tertiary alicyclic amines) is 1. The summed E-state index contributed by atoms with van der Waals surface area (Å²) in [7, 11) is 1.71. The minimum atomic E-state index is -0.680. The number of aromatic amines is 1. The number of nitrogens with zero attached hydrogens (tertiary/aromatic N) is 4. The van der Waals surface area contributed by atoms with Gasteiger partial charge in [0, 0.05) is 51.7 Å². The van der Waals surface area contributed by atoms with Crippen molar-refractivity contribution in [2.75, 3.05) is 26.8 Å². The summed E-state index contributed by atoms with van der Waals surface area (Å²) in [5, 5.41) is 2.97. The number of aromatic nitrogens is 4. The molecule has 5 aromatic rings. The van der Waals surface area contributed by atoms with E-state index in [9.17, 15) is 14.4 Å². The maximum atomic E-state index is 14.0. The van der Waals surface area contributed by atoms with Crippen LogP contribution in [0.2, 0.25) is 0 Å². The molecule has 0 radical (unpaired) electrons. The highest BCUT2D eigenvalue weighted by molar-refractivity contribution is 5.79. The third kappa shape index (κ3) is 8.10. The topological polar surface area (TPSA) is 123 Å². The molecule has 6 rings (SSSR count). The Morgan fingerprint density at radius 3 is 2.60 bits per heavy atom. The fraction of sp³-hybridized carbons (Fsp3) is 0.436. The molecule has 0 aliphatic carbocycles. The summed E-state index contributed by atoms with van der Waals surface area (Å²) in [6, 6.07) is 21.2. The number of carbonyl (C=O) groups is 2. The van der Waals surface area contributed by atoms with Crippen molar-refractivity contribution in [1.29, 1.82) is 0 Å². The number of alkyl carbamates (subject to hydrolysis) is 1. The summed E-state index contributed by atoms with van der Waals surface area (Å²) in [6.07, 6.45) is 2.67. The van der Waals surface area contributed by atoms with E-state index in [0.29, 0.717) is 26.1 Å². The van der Waals surface area contributed by atoms with E-state index in [2.05, 4.69) is 20.9 Å². The minimum Gasteiger partial charge on any atom is -0.444 e. The van der Waals surface area contributed by atoms with Gasteiger partial charge in [-0.3, -0.25) is 9.36 Å². The van der Waals surface area contributed by atoms with Gasteiger partial charge in [0.2, 0.25) is 5.91 Å². The van der Waals surface area contributed by atoms with Crippen LogP contribution < -0.4 is 11.0 Å². The standard InChI is InChI=1S/C39H48N6O5/c1-26-13-18-34-32(22-26)42-37(47)45(34)30-16-14-27(15-17-30)23-29(40-38(48)50-39(2,3)4)24-35(46)43-19-8-10-28(25-43)36-41-31-11-6-7-12-33(31)44(36)20-9-21-49-5/h6-7,11-18,22,28-29H,8-10,19-21,23-25H2,1-5H3,(H,40,48)(H,42,47)/t28-,29-/m1/s1. The molecule has 0 spiro atoms. The molecule has 1 saturated heterocycles. The van der Waals surface area contributed by atoms with Gasteiger partial charge >= 0.3 is 11.8 Å². The first-order valence-electron chi connectivity index (χ1n) is 17.5. The number of rotatable bonds is 11. The van der Waals surface area contributed by atoms with Crippen LogP contribution >= 0.6 is 0 Å². The highest BCUT2D eigenvalue weighted by Gasteiger charge is 2.30. The average molecular weight is 681 g/mol. The maximum Gasteiger partial charge on any atom is 0.407 e. The van der Waals surface area contributed by atoms with E-state index in [1.807, 2.05) is 93.3 Å². The lowest BCUT2D eigenvalue weighted by Crippen LogP contribution is -2.46. The van der Waals surface area contributed by atoms with E-state index >= 15 is 0 Å². The first-order chi connectivity index (χ1) is 24.0. The molecular formula is C39H48N6O5. The van der Waals surface area contributed by atoms with Crippen molar-refractivity contribution >= 4 is 34.1 Å². The Morgan fingerprint density at radius 1 is 1.06 bits per heavy atom. The summed E-state index contributed by atoms with van der Waals surface area (Å²) in [5.74, 6) is 1.09. The monoisotopic (exact) mass is 680 g/mol. The van der Waals surface area contributed by atoms with Crippen molar-refractivity contribution in [3.8, 4) is 5.69 Å². The van der Waals surface area contributed by atoms with E-state index in [0.717, 1.165) is 70.5 Å². The van der Waals surface area contributed by atoms with Crippen LogP contribution in [-0.4, -0.2) is 74.5 Å². The van der Waals surface area contributed by atoms with Crippen molar-refractivity contribution in [1.82, 2.24) is 29.3 Å². The molecule has 0 bridgehead atoms. The number of piperidine rings is 1. The molecule has 2 aromatic heterocycles. The van der Waals surface area contributed by atoms with Gasteiger partial charge in [-0.2, -0.15) is 0 Å². The number of aryl methyl sites for hydroxylation is 2. The Labute approximate surface area is 292 Å². The van der Waals surface area contributed by atoms with Crippen LogP contribution in [0, 0.1) is 6.92 Å². The lowest BCUT2D eigenvalue weighted by molar-refractivity contribution is -0.133. The Bertz CT molecular complexity index is 2020. The highest BCUT2D eigenvalue weighted by atomic mass is 16.6. The van der Waals surface area contributed by atoms with Gasteiger partial charge in [0.15, 0.2) is 0 Å². The summed E-state index contributed by atoms with van der Waals surface area (Å²) < 4.78 is 14.8. The van der Waals surface area contributed by atoms with Crippen molar-refractivity contribution in [2.45, 2.75) is 83.9 Å². The summed E-state index contributed by atoms with van der Waals surface area (Å²) in [6.45, 7) is 10.1. The molecule has 264 valence electrons. The van der Waals surface area contributed by atoms with Crippen LogP contribution in [0.15, 0.2) is 71.5 Å². The van der Waals surface area contributed by atoms with E-state index in [1.165, 1.54) is 0 Å². The zero-order chi connectivity index (χ0) is 35.4. The lowest BCUT2D eigenvalue weighted by Gasteiger charge is -2.34. The first-order valence-corrected chi connectivity index (χ1v) is 17.5. The number of methoxy groups -OCH3 is 1. The zero-order valence-corrected chi connectivity index (χ0v) is 29.7. The predicted octanol–water partition coefficient (Wildman–Crippen LogP) is 6.25. The number of nitrogens with one attached hydrogen (secondary N) is 2. The quantitative estimate of drug-likeness (QED) is 0.159. The summed E-state index contributed by atoms with van der Waals surface area (Å²) in [4.78, 5) is 49.7. The number of imidazole rings is 2. The molecular weight excluding hydrogens is 632 g/mol. The second-order valence-electron chi connectivity index (χ2n) is 14.3. The average Bonchev–Trinajstić information content (AvgIpc) is 3.60. The molecule has 3 aromatic carbocycles. The highest BCUT2D eigenvalue weighted by Crippen LogP contribution is 2.30. The second kappa shape index (κ2) is 14.9. The number of H-pyrrole nitrogens is 1. The van der Waals surface area contributed by atoms with Crippen molar-refractivity contribution in [3.63, 3.8) is 0 Å². The number of hydrogen-bond acceptors (Lipinski definition) is 6. The Balaban J connectivity index is 1.19. The Morgan fingerprint density at radius 2 is 1.84 bits per heavy atom. The maximum absolute atomic E-state index is 14.0. The number of hydrogen-bond donors (Lipinski definition) is 2. The van der Waals surface area contributed by atoms with Gasteiger partial charge in [-0.15, -0.1) is 0 Å². The van der Waals surface area contributed by atoms with Gasteiger partial charge in [0.1, 0.15) is 11.4 Å². The van der Waals surface area contributed by atoms with Gasteiger partial charge in [-0.05, 0) is 101 Å². The fourth-order valence-corrected chi connectivity index (χ4v) is 6.96. The normalized spacial score (nSPS) is 15.8. The smallest absolute Gasteiger partial charge is 0.407 e. The molecule has 50 heavy (non-hydrogen) atoms. The number of amides is 2. The van der Waals surface area contributed by atoms with E-state index < -0.39 is 17.7 Å². The number of benzene rings is 3. The van der Waals surface area contributed by atoms with Crippen LogP contribution in [0.3, 0.4) is 0 Å². The second-order valence-corrected chi connectivity index (χ2v) is 14.3. The molecule has 1 fully saturated rings. The molecule has 1 aliphatic rings. The van der Waals surface area contributed by atoms with Gasteiger partial charge in [-0.1, -0.05) is 30.3 Å². The van der Waals surface area contributed by atoms with Gasteiger partial charge in [0.05, 0.1) is 27.8 Å². The number of carbonyl (C=O) groups excluding carboxylic acids is 2. The number of para-hydroxylation sites is 2. The van der Waals surface area contributed by atoms with E-state index in [1.54, 1.807) is 11.7 Å². The molecule has 2 amide bonds. The van der Waals surface area contributed by atoms with E-state index in [4.69, 9.17) is 14.5 Å². The molecule has 1 aliphatic heterocycles. The molecule has 0 saturated carbocycles. The minimum absolute atomic E-state index is 0.0185. The molecule has 11 nitrogen and oxygen atoms in total. The van der Waals surface area contributed by atoms with Gasteiger partial charge in [0.25, 0.3) is 0 Å². The fourth-order valence-electron chi connectivity index (χ4n) is 6.96. The predicted molar refractivity (Wildman–Crippen MR) is 195 cm³/mol. The molecule has 3 heterocycles. The summed E-state index contributed by atoms with van der Waals surface area (Å²) in [5.41, 5.74) is 5.47. The van der Waals surface area contributed by atoms with E-state index in [-0.39, 0.29) is 23.9 Å². The first kappa shape index (κ1) is 34.9. The summed E-state index contributed by atoms with van der Waals surface area (Å²) >= 11 is 0. The Kier molecular flexibility index (Phi) is 10.4. The van der Waals surface area contributed by atoms with Crippen LogP contribution in [0.1, 0.15) is 69.3 Å². The van der Waals surface area contributed by atoms with Crippen molar-refractivity contribution in [2.24, 2.45) is 0 Å². The van der Waals surface area contributed by atoms with Crippen LogP contribution in [0.5, 0.6) is 0 Å². The number of fused-ring (bicyclic) bond motifs is 2. The van der Waals surface area contributed by atoms with Crippen LogP contribution in [0.4, 0.5) is 4.79 Å².